The second-order valence-electron chi connectivity index (χ2n) is 6.77. The molecule has 1 amide bonds. The fourth-order valence-electron chi connectivity index (χ4n) is 2.99. The summed E-state index contributed by atoms with van der Waals surface area (Å²) in [6.45, 7) is 7.88. The summed E-state index contributed by atoms with van der Waals surface area (Å²) in [5, 5.41) is 2.97. The van der Waals surface area contributed by atoms with Gasteiger partial charge in [-0.1, -0.05) is 24.3 Å². The number of hydrogen-bond acceptors (Lipinski definition) is 4. The van der Waals surface area contributed by atoms with Crippen LogP contribution < -0.4 is 5.32 Å². The number of piperazine rings is 1. The van der Waals surface area contributed by atoms with E-state index in [1.54, 1.807) is 6.20 Å². The molecule has 0 saturated carbocycles. The monoisotopic (exact) mass is 338 g/mol. The van der Waals surface area contributed by atoms with Gasteiger partial charge >= 0.3 is 0 Å². The first kappa shape index (κ1) is 17.6. The van der Waals surface area contributed by atoms with E-state index in [1.807, 2.05) is 19.1 Å². The number of nitrogens with one attached hydrogen (secondary N) is 1. The Labute approximate surface area is 149 Å². The van der Waals surface area contributed by atoms with Crippen molar-refractivity contribution in [2.45, 2.75) is 20.0 Å². The van der Waals surface area contributed by atoms with Gasteiger partial charge in [0.05, 0.1) is 5.56 Å². The predicted octanol–water partition coefficient (Wildman–Crippen LogP) is 2.07. The number of aromatic nitrogens is 1. The number of likely N-dealkylation sites (N-methyl/N-ethyl adjacent to an activating group) is 1. The number of rotatable bonds is 5. The standard InChI is InChI=1S/C20H26N4O/c1-16-6-7-19(14-21-16)20(25)22-13-17-4-3-5-18(12-17)15-24-10-8-23(2)9-11-24/h3-7,12,14H,8-11,13,15H2,1-2H3,(H,22,25). The molecule has 25 heavy (non-hydrogen) atoms. The third kappa shape index (κ3) is 5.11. The molecule has 2 aromatic rings. The van der Waals surface area contributed by atoms with Crippen LogP contribution in [0.2, 0.25) is 0 Å². The van der Waals surface area contributed by atoms with E-state index in [9.17, 15) is 4.79 Å². The van der Waals surface area contributed by atoms with Gasteiger partial charge in [0.2, 0.25) is 0 Å². The number of nitrogens with zero attached hydrogens (tertiary/aromatic N) is 3. The Kier molecular flexibility index (Phi) is 5.79. The zero-order chi connectivity index (χ0) is 17.6. The van der Waals surface area contributed by atoms with Crippen molar-refractivity contribution in [1.29, 1.82) is 0 Å². The van der Waals surface area contributed by atoms with Crippen molar-refractivity contribution in [2.75, 3.05) is 33.2 Å². The van der Waals surface area contributed by atoms with Crippen LogP contribution in [0.5, 0.6) is 0 Å². The average Bonchev–Trinajstić information content (AvgIpc) is 2.63. The second-order valence-corrected chi connectivity index (χ2v) is 6.77. The highest BCUT2D eigenvalue weighted by Crippen LogP contribution is 2.11. The van der Waals surface area contributed by atoms with Crippen LogP contribution in [0, 0.1) is 6.92 Å². The lowest BCUT2D eigenvalue weighted by Crippen LogP contribution is -2.43. The lowest BCUT2D eigenvalue weighted by atomic mass is 10.1. The van der Waals surface area contributed by atoms with E-state index in [4.69, 9.17) is 0 Å². The number of amides is 1. The first-order chi connectivity index (χ1) is 12.1. The summed E-state index contributed by atoms with van der Waals surface area (Å²) < 4.78 is 0. The molecule has 1 fully saturated rings. The molecule has 5 nitrogen and oxygen atoms in total. The minimum absolute atomic E-state index is 0.0861. The van der Waals surface area contributed by atoms with Crippen LogP contribution in [0.4, 0.5) is 0 Å². The van der Waals surface area contributed by atoms with Gasteiger partial charge in [0.1, 0.15) is 0 Å². The molecular formula is C20H26N4O. The van der Waals surface area contributed by atoms with E-state index < -0.39 is 0 Å². The number of aryl methyl sites for hydroxylation is 1. The number of pyridine rings is 1. The van der Waals surface area contributed by atoms with Crippen LogP contribution in [0.1, 0.15) is 27.2 Å². The SMILES string of the molecule is Cc1ccc(C(=O)NCc2cccc(CN3CCN(C)CC3)c2)cn1. The van der Waals surface area contributed by atoms with Gasteiger partial charge in [-0.2, -0.15) is 0 Å². The van der Waals surface area contributed by atoms with E-state index in [2.05, 4.69) is 51.4 Å². The summed E-state index contributed by atoms with van der Waals surface area (Å²) in [5.74, 6) is -0.0861. The Bertz CT molecular complexity index is 706. The Morgan fingerprint density at radius 3 is 2.60 bits per heavy atom. The molecule has 1 aliphatic rings. The highest BCUT2D eigenvalue weighted by Gasteiger charge is 2.14. The van der Waals surface area contributed by atoms with Gasteiger partial charge in [-0.25, -0.2) is 0 Å². The van der Waals surface area contributed by atoms with Crippen LogP contribution in [-0.2, 0) is 13.1 Å². The van der Waals surface area contributed by atoms with Gasteiger partial charge in [0, 0.05) is 51.2 Å². The number of benzene rings is 1. The molecule has 1 N–H and O–H groups in total. The third-order valence-electron chi connectivity index (χ3n) is 4.62. The largest absolute Gasteiger partial charge is 0.348 e. The molecule has 0 bridgehead atoms. The second kappa shape index (κ2) is 8.23. The number of carbonyl (C=O) groups excluding carboxylic acids is 1. The van der Waals surface area contributed by atoms with Gasteiger partial charge in [0.25, 0.3) is 5.91 Å². The molecule has 1 aromatic carbocycles. The third-order valence-corrected chi connectivity index (χ3v) is 4.62. The zero-order valence-electron chi connectivity index (χ0n) is 15.0. The first-order valence-electron chi connectivity index (χ1n) is 8.80. The van der Waals surface area contributed by atoms with Crippen molar-refractivity contribution < 1.29 is 4.79 Å². The van der Waals surface area contributed by atoms with E-state index >= 15 is 0 Å². The summed E-state index contributed by atoms with van der Waals surface area (Å²) in [4.78, 5) is 21.2. The maximum Gasteiger partial charge on any atom is 0.253 e. The van der Waals surface area contributed by atoms with Gasteiger partial charge in [-0.05, 0) is 37.2 Å². The fraction of sp³-hybridized carbons (Fsp3) is 0.400. The molecule has 132 valence electrons. The molecular weight excluding hydrogens is 312 g/mol. The fourth-order valence-corrected chi connectivity index (χ4v) is 2.99. The van der Waals surface area contributed by atoms with Crippen molar-refractivity contribution in [3.05, 3.63) is 65.0 Å². The first-order valence-corrected chi connectivity index (χ1v) is 8.80. The molecule has 1 saturated heterocycles. The van der Waals surface area contributed by atoms with Gasteiger partial charge in [-0.15, -0.1) is 0 Å². The molecule has 0 atom stereocenters. The molecule has 0 aliphatic carbocycles. The van der Waals surface area contributed by atoms with Crippen LogP contribution in [0.3, 0.4) is 0 Å². The Morgan fingerprint density at radius 1 is 1.12 bits per heavy atom. The maximum atomic E-state index is 12.2. The maximum absolute atomic E-state index is 12.2. The van der Waals surface area contributed by atoms with Crippen LogP contribution in [0.15, 0.2) is 42.6 Å². The molecule has 2 heterocycles. The molecule has 5 heteroatoms. The van der Waals surface area contributed by atoms with Crippen LogP contribution >= 0.6 is 0 Å². The summed E-state index contributed by atoms with van der Waals surface area (Å²) in [6.07, 6.45) is 1.62. The molecule has 0 radical (unpaired) electrons. The Morgan fingerprint density at radius 2 is 1.88 bits per heavy atom. The molecule has 1 aliphatic heterocycles. The van der Waals surface area contributed by atoms with Crippen LogP contribution in [-0.4, -0.2) is 53.9 Å². The van der Waals surface area contributed by atoms with E-state index in [-0.39, 0.29) is 5.91 Å². The minimum atomic E-state index is -0.0861. The molecule has 1 aromatic heterocycles. The zero-order valence-corrected chi connectivity index (χ0v) is 15.0. The van der Waals surface area contributed by atoms with Crippen molar-refractivity contribution in [2.24, 2.45) is 0 Å². The van der Waals surface area contributed by atoms with Crippen molar-refractivity contribution >= 4 is 5.91 Å². The van der Waals surface area contributed by atoms with Crippen molar-refractivity contribution in [3.8, 4) is 0 Å². The van der Waals surface area contributed by atoms with E-state index in [0.717, 1.165) is 44.0 Å². The summed E-state index contributed by atoms with van der Waals surface area (Å²) in [7, 11) is 2.17. The number of carbonyl (C=O) groups is 1. The highest BCUT2D eigenvalue weighted by atomic mass is 16.1. The smallest absolute Gasteiger partial charge is 0.253 e. The quantitative estimate of drug-likeness (QED) is 0.907. The lowest BCUT2D eigenvalue weighted by Gasteiger charge is -2.32. The van der Waals surface area contributed by atoms with Crippen molar-refractivity contribution in [3.63, 3.8) is 0 Å². The van der Waals surface area contributed by atoms with Gasteiger partial charge in [-0.3, -0.25) is 14.7 Å². The normalized spacial score (nSPS) is 15.9. The summed E-state index contributed by atoms with van der Waals surface area (Å²) in [5.41, 5.74) is 3.93. The van der Waals surface area contributed by atoms with E-state index in [0.29, 0.717) is 12.1 Å². The topological polar surface area (TPSA) is 48.5 Å². The summed E-state index contributed by atoms with van der Waals surface area (Å²) in [6, 6.07) is 12.1. The van der Waals surface area contributed by atoms with Gasteiger partial charge in [0.15, 0.2) is 0 Å². The Hall–Kier alpha value is -2.24. The Balaban J connectivity index is 1.54. The average molecular weight is 338 g/mol. The van der Waals surface area contributed by atoms with Gasteiger partial charge < -0.3 is 10.2 Å². The molecule has 0 unspecified atom stereocenters. The molecule has 3 rings (SSSR count). The number of hydrogen-bond donors (Lipinski definition) is 1. The highest BCUT2D eigenvalue weighted by molar-refractivity contribution is 5.93. The van der Waals surface area contributed by atoms with Crippen LogP contribution in [0.25, 0.3) is 0 Å². The van der Waals surface area contributed by atoms with E-state index in [1.165, 1.54) is 5.56 Å². The minimum Gasteiger partial charge on any atom is -0.348 e. The summed E-state index contributed by atoms with van der Waals surface area (Å²) >= 11 is 0. The predicted molar refractivity (Wildman–Crippen MR) is 99.4 cm³/mol. The molecule has 0 spiro atoms. The lowest BCUT2D eigenvalue weighted by molar-refractivity contribution is 0.0950. The van der Waals surface area contributed by atoms with Crippen molar-refractivity contribution in [1.82, 2.24) is 20.1 Å².